The molecule has 1 fully saturated rings. The number of para-hydroxylation sites is 1. The normalized spacial score (nSPS) is 16.3. The van der Waals surface area contributed by atoms with Crippen LogP contribution in [0.3, 0.4) is 0 Å². The van der Waals surface area contributed by atoms with Gasteiger partial charge in [0.15, 0.2) is 0 Å². The monoisotopic (exact) mass is 1070 g/mol. The fourth-order valence-corrected chi connectivity index (χ4v) is 8.80. The van der Waals surface area contributed by atoms with Gasteiger partial charge in [-0.3, -0.25) is 47.9 Å². The van der Waals surface area contributed by atoms with Crippen molar-refractivity contribution in [2.75, 3.05) is 18.6 Å². The van der Waals surface area contributed by atoms with Crippen molar-refractivity contribution in [1.82, 2.24) is 62.8 Å². The lowest BCUT2D eigenvalue weighted by Crippen LogP contribution is -2.60. The topological polar surface area (TPSA) is 370 Å². The smallest absolute Gasteiger partial charge is 0.245 e. The summed E-state index contributed by atoms with van der Waals surface area (Å²) in [6.45, 7) is 5.49. The Labute approximate surface area is 443 Å². The summed E-state index contributed by atoms with van der Waals surface area (Å²) in [5.74, 6) is -6.90. The molecule has 0 saturated carbocycles. The molecule has 0 radical (unpaired) electrons. The Bertz CT molecular complexity index is 2670. The Morgan fingerprint density at radius 1 is 0.724 bits per heavy atom. The highest BCUT2D eigenvalue weighted by Gasteiger charge is 2.35. The summed E-state index contributed by atoms with van der Waals surface area (Å²) in [6, 6.07) is 6.25. The molecule has 0 spiro atoms. The molecule has 0 unspecified atom stereocenters. The van der Waals surface area contributed by atoms with Gasteiger partial charge in [-0.2, -0.15) is 11.8 Å². The number of thioether (sulfide) groups is 1. The molecule has 2 aromatic carbocycles. The van der Waals surface area contributed by atoms with Crippen LogP contribution in [0.15, 0.2) is 73.3 Å². The number of nitrogens with two attached hydrogens (primary N) is 1. The molecule has 3 heterocycles. The first-order chi connectivity index (χ1) is 36.2. The Balaban J connectivity index is 1.24. The molecule has 1 aliphatic heterocycles. The minimum Gasteiger partial charge on any atom is -0.391 e. The van der Waals surface area contributed by atoms with Gasteiger partial charge in [-0.25, -0.2) is 4.98 Å². The van der Waals surface area contributed by atoms with E-state index in [1.807, 2.05) is 44.4 Å². The zero-order valence-electron chi connectivity index (χ0n) is 43.0. The summed E-state index contributed by atoms with van der Waals surface area (Å²) >= 11 is 1.45. The van der Waals surface area contributed by atoms with E-state index in [0.717, 1.165) is 10.9 Å². The van der Waals surface area contributed by atoms with Gasteiger partial charge in [-0.15, -0.1) is 0 Å². The number of aliphatic hydroxyl groups excluding tert-OH is 1. The number of hydrogen-bond acceptors (Lipinski definition) is 13. The maximum absolute atomic E-state index is 14.1. The maximum atomic E-state index is 14.1. The van der Waals surface area contributed by atoms with Gasteiger partial charge < -0.3 is 68.7 Å². The Morgan fingerprint density at radius 2 is 1.36 bits per heavy atom. The Kier molecular flexibility index (Phi) is 22.4. The minimum absolute atomic E-state index is 0.00789. The third-order valence-corrected chi connectivity index (χ3v) is 13.1. The number of benzene rings is 2. The van der Waals surface area contributed by atoms with Gasteiger partial charge in [-0.05, 0) is 68.2 Å². The second-order valence-corrected chi connectivity index (χ2v) is 20.0. The van der Waals surface area contributed by atoms with E-state index in [1.54, 1.807) is 36.5 Å². The maximum Gasteiger partial charge on any atom is 0.245 e. The number of rotatable bonds is 29. The molecule has 10 amide bonds. The summed E-state index contributed by atoms with van der Waals surface area (Å²) in [4.78, 5) is 144. The molecule has 5 rings (SSSR count). The summed E-state index contributed by atoms with van der Waals surface area (Å²) in [5, 5.41) is 34.7. The van der Waals surface area contributed by atoms with E-state index in [-0.39, 0.29) is 56.8 Å². The van der Waals surface area contributed by atoms with Crippen molar-refractivity contribution >= 4 is 81.7 Å². The summed E-state index contributed by atoms with van der Waals surface area (Å²) < 4.78 is 0. The molecule has 25 heteroatoms. The van der Waals surface area contributed by atoms with E-state index in [4.69, 9.17) is 5.73 Å². The SMILES string of the molecule is CSCC[C@H](NC(=O)[C@H](Cc1ccccc1)NC(=O)[C@H](Cc1cnc[nH]1)NC(=O)CNC(=O)[C@@H](NC(=O)[C@H](C)NC(=O)[C@H](Cc1c[nH]c2ccccc12)NC(=O)[C@H](CC(C)C)NC(=O)[C@@H]1CCC(=O)N1)[C@@H](C)O)C(N)=O. The molecule has 24 nitrogen and oxygen atoms in total. The third-order valence-electron chi connectivity index (χ3n) is 12.4. The second kappa shape index (κ2) is 28.8. The second-order valence-electron chi connectivity index (χ2n) is 19.0. The van der Waals surface area contributed by atoms with E-state index in [2.05, 4.69) is 62.8 Å². The van der Waals surface area contributed by atoms with Crippen LogP contribution in [0.1, 0.15) is 70.2 Å². The van der Waals surface area contributed by atoms with Crippen LogP contribution in [0.4, 0.5) is 0 Å². The standard InChI is InChI=1S/C51H69N13O11S/c1-27(2)19-37(61-46(70)36-15-16-41(66)58-36)48(72)63-39(21-31-23-54-34-14-10-9-13-33(31)34)47(71)57-28(3)45(69)64-43(29(4)65)51(75)55-25-42(67)59-40(22-32-24-53-26-56-32)50(74)62-38(20-30-11-7-6-8-12-30)49(73)60-35(44(52)68)17-18-76-5/h6-14,23-24,26-29,35-40,43,54,65H,15-22,25H2,1-5H3,(H2,52,68)(H,53,56)(H,55,75)(H,57,71)(H,58,66)(H,59,67)(H,60,73)(H,61,70)(H,62,74)(H,63,72)(H,64,69)/t28-,29+,35-,36-,37-,38-,39-,40-,43-/m0/s1. The number of primary amides is 1. The first kappa shape index (κ1) is 59.1. The number of aromatic nitrogens is 3. The van der Waals surface area contributed by atoms with Crippen molar-refractivity contribution < 1.29 is 53.1 Å². The van der Waals surface area contributed by atoms with E-state index < -0.39 is 114 Å². The molecule has 2 aromatic heterocycles. The van der Waals surface area contributed by atoms with Crippen molar-refractivity contribution in [1.29, 1.82) is 0 Å². The lowest BCUT2D eigenvalue weighted by molar-refractivity contribution is -0.136. The molecule has 0 bridgehead atoms. The number of aromatic amines is 2. The molecule has 9 atom stereocenters. The lowest BCUT2D eigenvalue weighted by atomic mass is 10.00. The van der Waals surface area contributed by atoms with Gasteiger partial charge in [0.05, 0.1) is 19.0 Å². The minimum atomic E-state index is -1.66. The van der Waals surface area contributed by atoms with Crippen LogP contribution in [0.5, 0.6) is 0 Å². The number of imidazole rings is 1. The predicted octanol–water partition coefficient (Wildman–Crippen LogP) is -1.61. The number of fused-ring (bicyclic) bond motifs is 1. The van der Waals surface area contributed by atoms with Crippen molar-refractivity contribution in [3.63, 3.8) is 0 Å². The molecule has 14 N–H and O–H groups in total. The van der Waals surface area contributed by atoms with Crippen LogP contribution in [0.25, 0.3) is 10.9 Å². The summed E-state index contributed by atoms with van der Waals surface area (Å²) in [7, 11) is 0. The van der Waals surface area contributed by atoms with Gasteiger partial charge in [0.2, 0.25) is 59.1 Å². The van der Waals surface area contributed by atoms with Crippen molar-refractivity contribution in [2.45, 2.75) is 127 Å². The average molecular weight is 1070 g/mol. The molecule has 1 saturated heterocycles. The number of carbonyl (C=O) groups excluding carboxylic acids is 10. The van der Waals surface area contributed by atoms with Crippen LogP contribution in [0, 0.1) is 5.92 Å². The van der Waals surface area contributed by atoms with E-state index >= 15 is 0 Å². The Morgan fingerprint density at radius 3 is 1.97 bits per heavy atom. The van der Waals surface area contributed by atoms with Gasteiger partial charge in [0.1, 0.15) is 48.3 Å². The fourth-order valence-electron chi connectivity index (χ4n) is 8.32. The number of carbonyl (C=O) groups is 10. The zero-order chi connectivity index (χ0) is 55.5. The highest BCUT2D eigenvalue weighted by molar-refractivity contribution is 7.98. The molecule has 410 valence electrons. The van der Waals surface area contributed by atoms with E-state index in [0.29, 0.717) is 22.6 Å². The summed E-state index contributed by atoms with van der Waals surface area (Å²) in [6.07, 6.45) is 5.46. The number of H-pyrrole nitrogens is 2. The molecular weight excluding hydrogens is 1000 g/mol. The van der Waals surface area contributed by atoms with Gasteiger partial charge in [-0.1, -0.05) is 62.4 Å². The third kappa shape index (κ3) is 18.0. The highest BCUT2D eigenvalue weighted by atomic mass is 32.2. The number of aliphatic hydroxyl groups is 1. The number of hydrogen-bond donors (Lipinski definition) is 13. The Hall–Kier alpha value is -7.80. The average Bonchev–Trinajstić information content (AvgIpc) is 4.17. The molecule has 76 heavy (non-hydrogen) atoms. The number of nitrogens with one attached hydrogen (secondary N) is 11. The van der Waals surface area contributed by atoms with Gasteiger partial charge in [0, 0.05) is 54.7 Å². The van der Waals surface area contributed by atoms with Crippen LogP contribution in [0.2, 0.25) is 0 Å². The van der Waals surface area contributed by atoms with E-state index in [9.17, 15) is 53.1 Å². The predicted molar refractivity (Wildman–Crippen MR) is 281 cm³/mol. The molecular formula is C51H69N13O11S. The van der Waals surface area contributed by atoms with Crippen molar-refractivity contribution in [3.8, 4) is 0 Å². The zero-order valence-corrected chi connectivity index (χ0v) is 43.8. The first-order valence-corrected chi connectivity index (χ1v) is 26.3. The quantitative estimate of drug-likeness (QED) is 0.0292. The number of amides is 10. The first-order valence-electron chi connectivity index (χ1n) is 24.9. The van der Waals surface area contributed by atoms with Crippen LogP contribution < -0.4 is 53.6 Å². The highest BCUT2D eigenvalue weighted by Crippen LogP contribution is 2.20. The largest absolute Gasteiger partial charge is 0.391 e. The van der Waals surface area contributed by atoms with Gasteiger partial charge >= 0.3 is 0 Å². The molecule has 0 aliphatic carbocycles. The van der Waals surface area contributed by atoms with Crippen LogP contribution >= 0.6 is 11.8 Å². The fraction of sp³-hybridized carbons (Fsp3) is 0.471. The van der Waals surface area contributed by atoms with E-state index in [1.165, 1.54) is 38.1 Å². The van der Waals surface area contributed by atoms with Crippen molar-refractivity contribution in [2.24, 2.45) is 11.7 Å². The van der Waals surface area contributed by atoms with Gasteiger partial charge in [0.25, 0.3) is 0 Å². The molecule has 4 aromatic rings. The lowest BCUT2D eigenvalue weighted by Gasteiger charge is -2.27. The molecule has 1 aliphatic rings. The number of nitrogens with zero attached hydrogens (tertiary/aromatic N) is 1. The van der Waals surface area contributed by atoms with Crippen LogP contribution in [-0.2, 0) is 67.2 Å². The van der Waals surface area contributed by atoms with Crippen molar-refractivity contribution in [3.05, 3.63) is 90.1 Å². The van der Waals surface area contributed by atoms with Crippen LogP contribution in [-0.4, -0.2) is 152 Å². The summed E-state index contributed by atoms with van der Waals surface area (Å²) in [5.41, 5.74) is 8.11.